The molecule has 0 aliphatic carbocycles. The van der Waals surface area contributed by atoms with Crippen LogP contribution in [0.1, 0.15) is 18.1 Å². The quantitative estimate of drug-likeness (QED) is 0.357. The van der Waals surface area contributed by atoms with Gasteiger partial charge < -0.3 is 5.11 Å². The van der Waals surface area contributed by atoms with Gasteiger partial charge in [-0.05, 0) is 30.7 Å². The number of hydrazone groups is 1. The molecule has 2 aromatic heterocycles. The van der Waals surface area contributed by atoms with Gasteiger partial charge in [-0.1, -0.05) is 41.9 Å². The van der Waals surface area contributed by atoms with Crippen LogP contribution in [0, 0.1) is 0 Å². The standard InChI is InChI=1S/C22H21ClN6O3/c1-13(15-9-5-7-11-17(15)30)25-26-21-24-19-18(20(31)28(3)22(32)27(19)2)29(21)12-14-8-4-6-10-16(14)23/h4-11,30H,12H2,1-3H3,(H,24,26)/b25-13+. The molecule has 0 fully saturated rings. The highest BCUT2D eigenvalue weighted by Gasteiger charge is 2.20. The number of aryl methyl sites for hydroxylation is 1. The molecule has 4 rings (SSSR count). The molecule has 32 heavy (non-hydrogen) atoms. The Hall–Kier alpha value is -3.85. The molecule has 0 saturated carbocycles. The van der Waals surface area contributed by atoms with Crippen LogP contribution in [0.15, 0.2) is 63.2 Å². The van der Waals surface area contributed by atoms with Crippen LogP contribution in [0.2, 0.25) is 5.02 Å². The Labute approximate surface area is 187 Å². The van der Waals surface area contributed by atoms with Crippen molar-refractivity contribution in [3.8, 4) is 5.75 Å². The molecule has 164 valence electrons. The normalized spacial score (nSPS) is 11.8. The van der Waals surface area contributed by atoms with Crippen LogP contribution in [0.5, 0.6) is 5.75 Å². The van der Waals surface area contributed by atoms with Gasteiger partial charge in [0.15, 0.2) is 11.2 Å². The molecular formula is C22H21ClN6O3. The summed E-state index contributed by atoms with van der Waals surface area (Å²) in [7, 11) is 2.97. The summed E-state index contributed by atoms with van der Waals surface area (Å²) < 4.78 is 3.98. The minimum atomic E-state index is -0.481. The van der Waals surface area contributed by atoms with Crippen molar-refractivity contribution < 1.29 is 5.11 Å². The Bertz CT molecular complexity index is 1480. The maximum Gasteiger partial charge on any atom is 0.332 e. The third-order valence-electron chi connectivity index (χ3n) is 5.25. The van der Waals surface area contributed by atoms with E-state index in [1.165, 1.54) is 11.6 Å². The van der Waals surface area contributed by atoms with E-state index in [1.807, 2.05) is 18.2 Å². The van der Waals surface area contributed by atoms with Gasteiger partial charge >= 0.3 is 5.69 Å². The molecular weight excluding hydrogens is 432 g/mol. The van der Waals surface area contributed by atoms with Gasteiger partial charge in [-0.15, -0.1) is 0 Å². The maximum absolute atomic E-state index is 13.0. The summed E-state index contributed by atoms with van der Waals surface area (Å²) in [4.78, 5) is 29.9. The first-order chi connectivity index (χ1) is 15.3. The fourth-order valence-corrected chi connectivity index (χ4v) is 3.65. The number of anilines is 1. The number of hydrogen-bond donors (Lipinski definition) is 2. The van der Waals surface area contributed by atoms with E-state index in [0.29, 0.717) is 16.3 Å². The van der Waals surface area contributed by atoms with E-state index < -0.39 is 11.2 Å². The zero-order valence-corrected chi connectivity index (χ0v) is 18.5. The van der Waals surface area contributed by atoms with Crippen molar-refractivity contribution in [3.63, 3.8) is 0 Å². The topological polar surface area (TPSA) is 106 Å². The van der Waals surface area contributed by atoms with Crippen molar-refractivity contribution in [1.82, 2.24) is 18.7 Å². The van der Waals surface area contributed by atoms with Crippen molar-refractivity contribution in [2.24, 2.45) is 19.2 Å². The second kappa shape index (κ2) is 8.35. The minimum Gasteiger partial charge on any atom is -0.507 e. The number of nitrogens with one attached hydrogen (secondary N) is 1. The number of aromatic nitrogens is 4. The maximum atomic E-state index is 13.0. The molecule has 0 bridgehead atoms. The van der Waals surface area contributed by atoms with Crippen LogP contribution in [0.3, 0.4) is 0 Å². The summed E-state index contributed by atoms with van der Waals surface area (Å²) in [6.45, 7) is 1.97. The van der Waals surface area contributed by atoms with Crippen LogP contribution in [-0.2, 0) is 20.6 Å². The smallest absolute Gasteiger partial charge is 0.332 e. The predicted molar refractivity (Wildman–Crippen MR) is 125 cm³/mol. The van der Waals surface area contributed by atoms with E-state index in [1.54, 1.807) is 48.9 Å². The van der Waals surface area contributed by atoms with Crippen molar-refractivity contribution in [2.45, 2.75) is 13.5 Å². The van der Waals surface area contributed by atoms with E-state index in [9.17, 15) is 14.7 Å². The van der Waals surface area contributed by atoms with Crippen molar-refractivity contribution in [1.29, 1.82) is 0 Å². The van der Waals surface area contributed by atoms with Gasteiger partial charge in [-0.2, -0.15) is 10.1 Å². The number of nitrogens with zero attached hydrogens (tertiary/aromatic N) is 5. The summed E-state index contributed by atoms with van der Waals surface area (Å²) in [6, 6.07) is 14.1. The monoisotopic (exact) mass is 452 g/mol. The van der Waals surface area contributed by atoms with Crippen molar-refractivity contribution in [3.05, 3.63) is 85.5 Å². The highest BCUT2D eigenvalue weighted by molar-refractivity contribution is 6.31. The molecule has 0 radical (unpaired) electrons. The number of aromatic hydroxyl groups is 1. The van der Waals surface area contributed by atoms with E-state index in [4.69, 9.17) is 11.6 Å². The summed E-state index contributed by atoms with van der Waals surface area (Å²) in [6.07, 6.45) is 0. The van der Waals surface area contributed by atoms with Gasteiger partial charge in [0.25, 0.3) is 5.56 Å². The summed E-state index contributed by atoms with van der Waals surface area (Å²) >= 11 is 6.35. The molecule has 10 heteroatoms. The Morgan fingerprint density at radius 1 is 1.09 bits per heavy atom. The van der Waals surface area contributed by atoms with Crippen molar-refractivity contribution in [2.75, 3.05) is 5.43 Å². The number of imidazole rings is 1. The number of phenols is 1. The SMILES string of the molecule is C/C(=N\Nc1nc2c(c(=O)n(C)c(=O)n2C)n1Cc1ccccc1Cl)c1ccccc1O. The lowest BCUT2D eigenvalue weighted by atomic mass is 10.1. The average Bonchev–Trinajstić information content (AvgIpc) is 3.14. The van der Waals surface area contributed by atoms with Gasteiger partial charge in [0, 0.05) is 24.7 Å². The largest absolute Gasteiger partial charge is 0.507 e. The highest BCUT2D eigenvalue weighted by atomic mass is 35.5. The molecule has 4 aromatic rings. The lowest BCUT2D eigenvalue weighted by Crippen LogP contribution is -2.37. The molecule has 0 spiro atoms. The average molecular weight is 453 g/mol. The summed E-state index contributed by atoms with van der Waals surface area (Å²) in [5.41, 5.74) is 4.24. The van der Waals surface area contributed by atoms with Crippen LogP contribution in [0.4, 0.5) is 5.95 Å². The number of phenolic OH excluding ortho intramolecular Hbond substituents is 1. The molecule has 0 atom stereocenters. The van der Waals surface area contributed by atoms with E-state index in [-0.39, 0.29) is 29.4 Å². The lowest BCUT2D eigenvalue weighted by molar-refractivity contribution is 0.474. The molecule has 2 aromatic carbocycles. The van der Waals surface area contributed by atoms with Gasteiger partial charge in [-0.25, -0.2) is 10.2 Å². The Kier molecular flexibility index (Phi) is 5.58. The number of halogens is 1. The number of fused-ring (bicyclic) bond motifs is 1. The zero-order chi connectivity index (χ0) is 23.0. The second-order valence-corrected chi connectivity index (χ2v) is 7.72. The third-order valence-corrected chi connectivity index (χ3v) is 5.62. The fraction of sp³-hybridized carbons (Fsp3) is 0.182. The number of rotatable bonds is 5. The summed E-state index contributed by atoms with van der Waals surface area (Å²) in [5, 5.41) is 15.0. The molecule has 0 aliphatic heterocycles. The minimum absolute atomic E-state index is 0.0939. The lowest BCUT2D eigenvalue weighted by Gasteiger charge is -2.11. The van der Waals surface area contributed by atoms with Gasteiger partial charge in [0.1, 0.15) is 5.75 Å². The fourth-order valence-electron chi connectivity index (χ4n) is 3.46. The Morgan fingerprint density at radius 3 is 2.50 bits per heavy atom. The van der Waals surface area contributed by atoms with Crippen LogP contribution < -0.4 is 16.7 Å². The first-order valence-electron chi connectivity index (χ1n) is 9.78. The first kappa shape index (κ1) is 21.4. The van der Waals surface area contributed by atoms with Gasteiger partial charge in [-0.3, -0.25) is 18.5 Å². The van der Waals surface area contributed by atoms with E-state index >= 15 is 0 Å². The number of para-hydroxylation sites is 1. The predicted octanol–water partition coefficient (Wildman–Crippen LogP) is 2.68. The molecule has 0 amide bonds. The molecule has 0 unspecified atom stereocenters. The van der Waals surface area contributed by atoms with Crippen LogP contribution in [-0.4, -0.2) is 29.5 Å². The molecule has 0 saturated heterocycles. The highest BCUT2D eigenvalue weighted by Crippen LogP contribution is 2.22. The second-order valence-electron chi connectivity index (χ2n) is 7.32. The summed E-state index contributed by atoms with van der Waals surface area (Å²) in [5.74, 6) is 0.351. The number of hydrogen-bond acceptors (Lipinski definition) is 6. The van der Waals surface area contributed by atoms with E-state index in [2.05, 4.69) is 15.5 Å². The Balaban J connectivity index is 1.89. The van der Waals surface area contributed by atoms with Gasteiger partial charge in [0.05, 0.1) is 12.3 Å². The third kappa shape index (κ3) is 3.67. The van der Waals surface area contributed by atoms with Crippen LogP contribution in [0.25, 0.3) is 11.2 Å². The van der Waals surface area contributed by atoms with Crippen molar-refractivity contribution >= 4 is 34.4 Å². The zero-order valence-electron chi connectivity index (χ0n) is 17.7. The van der Waals surface area contributed by atoms with E-state index in [0.717, 1.165) is 10.1 Å². The Morgan fingerprint density at radius 2 is 1.78 bits per heavy atom. The molecule has 0 aliphatic rings. The van der Waals surface area contributed by atoms with Crippen LogP contribution >= 0.6 is 11.6 Å². The molecule has 2 N–H and O–H groups in total. The molecule has 2 heterocycles. The first-order valence-corrected chi connectivity index (χ1v) is 10.2. The number of benzene rings is 2. The molecule has 9 nitrogen and oxygen atoms in total. The van der Waals surface area contributed by atoms with Gasteiger partial charge in [0.2, 0.25) is 5.95 Å².